The number of aromatic nitrogens is 4. The first-order chi connectivity index (χ1) is 37.6. The highest BCUT2D eigenvalue weighted by molar-refractivity contribution is 9.10. The minimum absolute atomic E-state index is 0.0847. The summed E-state index contributed by atoms with van der Waals surface area (Å²) < 4.78 is 36.9. The molecule has 1 atom stereocenters. The third kappa shape index (κ3) is 10.9. The molecule has 78 heavy (non-hydrogen) atoms. The van der Waals surface area contributed by atoms with Gasteiger partial charge < -0.3 is 29.7 Å². The Hall–Kier alpha value is -7.03. The van der Waals surface area contributed by atoms with Gasteiger partial charge in [-0.3, -0.25) is 48.8 Å². The number of piperazine rings is 2. The van der Waals surface area contributed by atoms with Gasteiger partial charge in [0, 0.05) is 137 Å². The van der Waals surface area contributed by atoms with Crippen LogP contribution in [0.25, 0.3) is 22.3 Å². The number of aryl methyl sites for hydroxylation is 1. The quantitative estimate of drug-likeness (QED) is 0.0748. The van der Waals surface area contributed by atoms with E-state index in [0.29, 0.717) is 67.0 Å². The van der Waals surface area contributed by atoms with E-state index in [2.05, 4.69) is 78.6 Å². The molecule has 4 saturated heterocycles. The molecule has 0 bridgehead atoms. The lowest BCUT2D eigenvalue weighted by atomic mass is 9.98. The Balaban J connectivity index is 0.701. The lowest BCUT2D eigenvalue weighted by Crippen LogP contribution is -2.56. The fraction of sp³-hybridized carbons (Fsp3) is 0.375. The van der Waals surface area contributed by atoms with E-state index in [1.165, 1.54) is 6.07 Å². The smallest absolute Gasteiger partial charge is 0.262 e. The molecule has 0 radical (unpaired) electrons. The number of nitrogens with zero attached hydrogens (tertiary/aromatic N) is 10. The lowest BCUT2D eigenvalue weighted by Gasteiger charge is -2.45. The minimum Gasteiger partial charge on any atom is -0.494 e. The van der Waals surface area contributed by atoms with Gasteiger partial charge in [0.25, 0.3) is 11.8 Å². The highest BCUT2D eigenvalue weighted by atomic mass is 79.9. The first-order valence-corrected chi connectivity index (χ1v) is 29.7. The van der Waals surface area contributed by atoms with Gasteiger partial charge in [-0.15, -0.1) is 0 Å². The number of methoxy groups -OCH3 is 1. The van der Waals surface area contributed by atoms with Gasteiger partial charge in [-0.2, -0.15) is 10.1 Å². The maximum absolute atomic E-state index is 14.8. The second kappa shape index (κ2) is 22.0. The number of anilines is 6. The first-order valence-electron chi connectivity index (χ1n) is 26.3. The Morgan fingerprint density at radius 3 is 2.18 bits per heavy atom. The van der Waals surface area contributed by atoms with Crippen molar-refractivity contribution in [3.63, 3.8) is 0 Å². The number of hydrogen-bond acceptors (Lipinski definition) is 16. The van der Waals surface area contributed by atoms with Crippen molar-refractivity contribution in [1.29, 1.82) is 0 Å². The van der Waals surface area contributed by atoms with Gasteiger partial charge in [-0.25, -0.2) is 9.37 Å². The van der Waals surface area contributed by atoms with Crippen LogP contribution in [-0.2, 0) is 21.2 Å². The third-order valence-corrected chi connectivity index (χ3v) is 17.7. The Morgan fingerprint density at radius 2 is 1.49 bits per heavy atom. The number of rotatable bonds is 14. The molecule has 0 saturated carbocycles. The van der Waals surface area contributed by atoms with Crippen LogP contribution < -0.4 is 35.8 Å². The molecule has 19 nitrogen and oxygen atoms in total. The van der Waals surface area contributed by atoms with Crippen LogP contribution in [0, 0.1) is 5.82 Å². The average molecular weight is 1140 g/mol. The van der Waals surface area contributed by atoms with Crippen molar-refractivity contribution in [2.75, 3.05) is 113 Å². The highest BCUT2D eigenvalue weighted by Gasteiger charge is 2.45. The molecule has 0 spiro atoms. The van der Waals surface area contributed by atoms with Crippen molar-refractivity contribution in [2.24, 2.45) is 7.05 Å². The second-order valence-corrected chi connectivity index (χ2v) is 25.0. The van der Waals surface area contributed by atoms with Gasteiger partial charge in [-0.1, -0.05) is 24.3 Å². The predicted octanol–water partition coefficient (Wildman–Crippen LogP) is 6.96. The molecular weight excluding hydrogens is 1080 g/mol. The van der Waals surface area contributed by atoms with Crippen molar-refractivity contribution in [3.8, 4) is 28.0 Å². The van der Waals surface area contributed by atoms with Crippen molar-refractivity contribution in [1.82, 2.24) is 44.7 Å². The van der Waals surface area contributed by atoms with Crippen LogP contribution in [0.1, 0.15) is 46.4 Å². The number of ether oxygens (including phenoxy) is 1. The second-order valence-electron chi connectivity index (χ2n) is 21.0. The van der Waals surface area contributed by atoms with Crippen molar-refractivity contribution in [2.45, 2.75) is 37.8 Å². The highest BCUT2D eigenvalue weighted by Crippen LogP contribution is 2.43. The van der Waals surface area contributed by atoms with Gasteiger partial charge >= 0.3 is 0 Å². The van der Waals surface area contributed by atoms with Crippen LogP contribution >= 0.6 is 23.1 Å². The van der Waals surface area contributed by atoms with E-state index in [-0.39, 0.29) is 18.7 Å². The molecule has 6 aromatic rings. The molecule has 4 fully saturated rings. The van der Waals surface area contributed by atoms with Crippen LogP contribution in [0.15, 0.2) is 95.9 Å². The summed E-state index contributed by atoms with van der Waals surface area (Å²) in [5.74, 6) is -0.964. The number of hydrogen-bond donors (Lipinski definition) is 3. The van der Waals surface area contributed by atoms with E-state index in [4.69, 9.17) is 9.72 Å². The van der Waals surface area contributed by atoms with Crippen LogP contribution in [0.2, 0.25) is 0 Å². The summed E-state index contributed by atoms with van der Waals surface area (Å²) in [5.41, 5.74) is 6.80. The summed E-state index contributed by atoms with van der Waals surface area (Å²) in [7, 11) is 0.713. The van der Waals surface area contributed by atoms with Crippen molar-refractivity contribution in [3.05, 3.63) is 113 Å². The summed E-state index contributed by atoms with van der Waals surface area (Å²) >= 11 is 3.60. The molecule has 406 valence electrons. The number of carbonyl (C=O) groups excluding carboxylic acids is 4. The zero-order valence-electron chi connectivity index (χ0n) is 44.0. The standard InChI is InChI=1S/C56H62BrFN13O6P/c1-65-33-36(31-60-65)41-29-46(62-56-59-32-43(57)52(64-56)61-45-12-9-35(27-50(45)78(3,4)76)39-7-5-6-8-44(39)58)49(77-2)30-48(41)70-17-15-37(16-18-70)68-23-19-66(20-24-68)34-67-21-25-69(26-22-67)38-10-11-40-42(28-38)55(75)71(54(40)74)47-13-14-51(72)63-53(47)73/h5-12,27-33,37,47H,13-26,34H2,1-4H3,(H,63,72,73)(H2,59,61,62,64). The first kappa shape index (κ1) is 53.0. The number of carbonyl (C=O) groups is 4. The van der Waals surface area contributed by atoms with Gasteiger partial charge in [0.05, 0.1) is 46.9 Å². The maximum Gasteiger partial charge on any atom is 0.262 e. The van der Waals surface area contributed by atoms with Gasteiger partial charge in [0.15, 0.2) is 0 Å². The zero-order valence-corrected chi connectivity index (χ0v) is 46.5. The predicted molar refractivity (Wildman–Crippen MR) is 303 cm³/mol. The van der Waals surface area contributed by atoms with E-state index < -0.39 is 36.8 Å². The molecule has 0 aliphatic carbocycles. The topological polar surface area (TPSA) is 194 Å². The van der Waals surface area contributed by atoms with Crippen molar-refractivity contribution >= 4 is 86.5 Å². The van der Waals surface area contributed by atoms with Gasteiger partial charge in [0.1, 0.15) is 30.6 Å². The number of fused-ring (bicyclic) bond motifs is 1. The molecule has 11 rings (SSSR count). The lowest BCUT2D eigenvalue weighted by molar-refractivity contribution is -0.136. The average Bonchev–Trinajstić information content (AvgIpc) is 4.07. The Bertz CT molecular complexity index is 3370. The monoisotopic (exact) mass is 1140 g/mol. The molecule has 3 N–H and O–H groups in total. The van der Waals surface area contributed by atoms with Crippen LogP contribution in [-0.4, -0.2) is 168 Å². The number of benzene rings is 4. The van der Waals surface area contributed by atoms with E-state index >= 15 is 0 Å². The molecule has 1 unspecified atom stereocenters. The number of piperidine rings is 2. The summed E-state index contributed by atoms with van der Waals surface area (Å²) in [6.45, 7) is 13.3. The fourth-order valence-electron chi connectivity index (χ4n) is 11.4. The molecule has 4 amide bonds. The summed E-state index contributed by atoms with van der Waals surface area (Å²) in [6.07, 6.45) is 7.79. The molecule has 4 aromatic carbocycles. The van der Waals surface area contributed by atoms with E-state index in [9.17, 15) is 28.1 Å². The SMILES string of the molecule is COc1cc(N2CCC(N3CCN(CN4CCN(c5ccc6c(c5)C(=O)N(C5CCC(=O)NC5=O)C6=O)CC4)CC3)CC2)c(-c2cnn(C)c2)cc1Nc1ncc(Br)c(Nc2ccc(-c3ccccc3F)cc2P(C)(C)=O)n1. The Kier molecular flexibility index (Phi) is 15.0. The molecule has 7 heterocycles. The van der Waals surface area contributed by atoms with Crippen LogP contribution in [0.3, 0.4) is 0 Å². The minimum atomic E-state index is -2.85. The summed E-state index contributed by atoms with van der Waals surface area (Å²) in [6, 6.07) is 20.9. The summed E-state index contributed by atoms with van der Waals surface area (Å²) in [4.78, 5) is 73.8. The molecule has 2 aromatic heterocycles. The summed E-state index contributed by atoms with van der Waals surface area (Å²) in [5, 5.41) is 14.1. The number of imide groups is 2. The number of amides is 4. The van der Waals surface area contributed by atoms with E-state index in [0.717, 1.165) is 112 Å². The van der Waals surface area contributed by atoms with E-state index in [1.807, 2.05) is 25.5 Å². The largest absolute Gasteiger partial charge is 0.494 e. The Labute approximate surface area is 460 Å². The van der Waals surface area contributed by atoms with Gasteiger partial charge in [0.2, 0.25) is 17.8 Å². The number of halogens is 2. The molecular formula is C56H62BrFN13O6P. The maximum atomic E-state index is 14.8. The number of nitrogens with one attached hydrogen (secondary N) is 3. The zero-order chi connectivity index (χ0) is 54.4. The van der Waals surface area contributed by atoms with E-state index in [1.54, 1.807) is 79.8 Å². The van der Waals surface area contributed by atoms with Crippen LogP contribution in [0.5, 0.6) is 5.75 Å². The Morgan fingerprint density at radius 1 is 0.756 bits per heavy atom. The van der Waals surface area contributed by atoms with Crippen LogP contribution in [0.4, 0.5) is 38.9 Å². The molecule has 5 aliphatic heterocycles. The molecule has 22 heteroatoms. The third-order valence-electron chi connectivity index (χ3n) is 15.6. The normalized spacial score (nSPS) is 19.1. The van der Waals surface area contributed by atoms with Crippen molar-refractivity contribution < 1.29 is 32.9 Å². The molecule has 5 aliphatic rings. The fourth-order valence-corrected chi connectivity index (χ4v) is 12.9. The van der Waals surface area contributed by atoms with Gasteiger partial charge in [-0.05, 0) is 96.6 Å².